The number of hydrogen-bond donors (Lipinski definition) is 2. The molecule has 0 fully saturated rings. The molecule has 0 amide bonds. The number of methoxy groups -OCH3 is 1. The van der Waals surface area contributed by atoms with E-state index in [1.165, 1.54) is 31.4 Å². The summed E-state index contributed by atoms with van der Waals surface area (Å²) in [4.78, 5) is 0. The molecule has 0 saturated heterocycles. The Morgan fingerprint density at radius 3 is 2.33 bits per heavy atom. The van der Waals surface area contributed by atoms with E-state index in [4.69, 9.17) is 10.5 Å². The van der Waals surface area contributed by atoms with Gasteiger partial charge in [0.05, 0.1) is 13.2 Å². The zero-order valence-corrected chi connectivity index (χ0v) is 11.4. The molecular formula is C15H15F3N2O. The van der Waals surface area contributed by atoms with Crippen molar-refractivity contribution in [1.82, 2.24) is 0 Å². The predicted molar refractivity (Wildman–Crippen MR) is 74.7 cm³/mol. The van der Waals surface area contributed by atoms with Gasteiger partial charge in [-0.15, -0.1) is 0 Å². The molecule has 2 rings (SSSR count). The van der Waals surface area contributed by atoms with Crippen LogP contribution >= 0.6 is 0 Å². The first-order chi connectivity index (χ1) is 10.1. The molecule has 0 heterocycles. The number of nitrogens with one attached hydrogen (secondary N) is 1. The van der Waals surface area contributed by atoms with Gasteiger partial charge in [-0.05, 0) is 24.3 Å². The van der Waals surface area contributed by atoms with Crippen molar-refractivity contribution in [2.24, 2.45) is 5.73 Å². The van der Waals surface area contributed by atoms with E-state index in [2.05, 4.69) is 5.32 Å². The SMILES string of the molecule is COc1cc(NC(CN)c2c(F)cccc2F)ccc1F. The lowest BCUT2D eigenvalue weighted by molar-refractivity contribution is 0.386. The highest BCUT2D eigenvalue weighted by Crippen LogP contribution is 2.27. The topological polar surface area (TPSA) is 47.3 Å². The second-order valence-corrected chi connectivity index (χ2v) is 4.42. The van der Waals surface area contributed by atoms with E-state index < -0.39 is 23.5 Å². The summed E-state index contributed by atoms with van der Waals surface area (Å²) in [6, 6.07) is 6.87. The Hall–Kier alpha value is -2.21. The zero-order chi connectivity index (χ0) is 15.4. The molecule has 112 valence electrons. The Morgan fingerprint density at radius 1 is 1.10 bits per heavy atom. The van der Waals surface area contributed by atoms with Crippen LogP contribution in [0.15, 0.2) is 36.4 Å². The Morgan fingerprint density at radius 2 is 1.76 bits per heavy atom. The van der Waals surface area contributed by atoms with E-state index in [0.717, 1.165) is 12.1 Å². The van der Waals surface area contributed by atoms with Gasteiger partial charge in [0.2, 0.25) is 0 Å². The molecule has 0 bridgehead atoms. The van der Waals surface area contributed by atoms with E-state index in [9.17, 15) is 13.2 Å². The maximum Gasteiger partial charge on any atom is 0.165 e. The van der Waals surface area contributed by atoms with Crippen molar-refractivity contribution in [2.45, 2.75) is 6.04 Å². The second kappa shape index (κ2) is 6.49. The van der Waals surface area contributed by atoms with Gasteiger partial charge in [-0.3, -0.25) is 0 Å². The lowest BCUT2D eigenvalue weighted by Gasteiger charge is -2.20. The van der Waals surface area contributed by atoms with Crippen LogP contribution in [0, 0.1) is 17.5 Å². The van der Waals surface area contributed by atoms with Gasteiger partial charge in [0.1, 0.15) is 11.6 Å². The molecular weight excluding hydrogens is 281 g/mol. The lowest BCUT2D eigenvalue weighted by atomic mass is 10.0. The number of nitrogens with two attached hydrogens (primary N) is 1. The number of rotatable bonds is 5. The average Bonchev–Trinajstić information content (AvgIpc) is 2.47. The minimum absolute atomic E-state index is 0.0302. The first-order valence-corrected chi connectivity index (χ1v) is 6.31. The molecule has 2 aromatic rings. The molecule has 2 aromatic carbocycles. The minimum Gasteiger partial charge on any atom is -0.494 e. The van der Waals surface area contributed by atoms with E-state index in [1.807, 2.05) is 0 Å². The van der Waals surface area contributed by atoms with Crippen molar-refractivity contribution in [3.8, 4) is 5.75 Å². The fourth-order valence-electron chi connectivity index (χ4n) is 2.04. The van der Waals surface area contributed by atoms with Crippen LogP contribution in [0.5, 0.6) is 5.75 Å². The Labute approximate surface area is 120 Å². The molecule has 3 nitrogen and oxygen atoms in total. The summed E-state index contributed by atoms with van der Waals surface area (Å²) in [6.07, 6.45) is 0. The summed E-state index contributed by atoms with van der Waals surface area (Å²) in [7, 11) is 1.33. The van der Waals surface area contributed by atoms with Crippen LogP contribution in [-0.4, -0.2) is 13.7 Å². The summed E-state index contributed by atoms with van der Waals surface area (Å²) in [5.74, 6) is -1.87. The van der Waals surface area contributed by atoms with Crippen molar-refractivity contribution in [3.05, 3.63) is 59.4 Å². The zero-order valence-electron chi connectivity index (χ0n) is 11.4. The maximum absolute atomic E-state index is 13.8. The monoisotopic (exact) mass is 296 g/mol. The highest BCUT2D eigenvalue weighted by atomic mass is 19.1. The molecule has 0 aliphatic heterocycles. The molecule has 1 unspecified atom stereocenters. The van der Waals surface area contributed by atoms with Gasteiger partial charge in [0.25, 0.3) is 0 Å². The largest absolute Gasteiger partial charge is 0.494 e. The third kappa shape index (κ3) is 3.28. The van der Waals surface area contributed by atoms with Gasteiger partial charge in [-0.1, -0.05) is 6.07 Å². The highest BCUT2D eigenvalue weighted by molar-refractivity contribution is 5.50. The third-order valence-corrected chi connectivity index (χ3v) is 3.08. The molecule has 6 heteroatoms. The van der Waals surface area contributed by atoms with Gasteiger partial charge < -0.3 is 15.8 Å². The number of benzene rings is 2. The fraction of sp³-hybridized carbons (Fsp3) is 0.200. The molecule has 0 aromatic heterocycles. The predicted octanol–water partition coefficient (Wildman–Crippen LogP) is 3.22. The first-order valence-electron chi connectivity index (χ1n) is 6.31. The molecule has 0 radical (unpaired) electrons. The van der Waals surface area contributed by atoms with E-state index in [1.54, 1.807) is 0 Å². The number of anilines is 1. The van der Waals surface area contributed by atoms with Crippen LogP contribution in [0.3, 0.4) is 0 Å². The van der Waals surface area contributed by atoms with Crippen molar-refractivity contribution >= 4 is 5.69 Å². The van der Waals surface area contributed by atoms with Gasteiger partial charge in [-0.25, -0.2) is 13.2 Å². The van der Waals surface area contributed by atoms with Crippen LogP contribution in [0.4, 0.5) is 18.9 Å². The fourth-order valence-corrected chi connectivity index (χ4v) is 2.04. The van der Waals surface area contributed by atoms with Gasteiger partial charge in [0, 0.05) is 23.9 Å². The minimum atomic E-state index is -0.777. The summed E-state index contributed by atoms with van der Waals surface area (Å²) >= 11 is 0. The van der Waals surface area contributed by atoms with E-state index in [-0.39, 0.29) is 17.9 Å². The normalized spacial score (nSPS) is 12.0. The van der Waals surface area contributed by atoms with Crippen molar-refractivity contribution in [3.63, 3.8) is 0 Å². The highest BCUT2D eigenvalue weighted by Gasteiger charge is 2.19. The van der Waals surface area contributed by atoms with Crippen LogP contribution < -0.4 is 15.8 Å². The standard InChI is InChI=1S/C15H15F3N2O/c1-21-14-7-9(5-6-10(14)16)20-13(8-19)15-11(17)3-2-4-12(15)18/h2-7,13,20H,8,19H2,1H3. The Kier molecular flexibility index (Phi) is 4.70. The molecule has 0 saturated carbocycles. The lowest BCUT2D eigenvalue weighted by Crippen LogP contribution is -2.23. The summed E-state index contributed by atoms with van der Waals surface area (Å²) in [6.45, 7) is -0.0302. The molecule has 3 N–H and O–H groups in total. The average molecular weight is 296 g/mol. The van der Waals surface area contributed by atoms with Crippen LogP contribution in [-0.2, 0) is 0 Å². The summed E-state index contributed by atoms with van der Waals surface area (Å²) in [5.41, 5.74) is 5.89. The van der Waals surface area contributed by atoms with Crippen molar-refractivity contribution < 1.29 is 17.9 Å². The Bertz CT molecular complexity index is 614. The molecule has 21 heavy (non-hydrogen) atoms. The quantitative estimate of drug-likeness (QED) is 0.890. The second-order valence-electron chi connectivity index (χ2n) is 4.42. The first kappa shape index (κ1) is 15.2. The van der Waals surface area contributed by atoms with Gasteiger partial charge in [-0.2, -0.15) is 0 Å². The number of ether oxygens (including phenoxy) is 1. The number of hydrogen-bond acceptors (Lipinski definition) is 3. The van der Waals surface area contributed by atoms with Crippen molar-refractivity contribution in [2.75, 3.05) is 19.0 Å². The smallest absolute Gasteiger partial charge is 0.165 e. The number of halogens is 3. The van der Waals surface area contributed by atoms with Crippen molar-refractivity contribution in [1.29, 1.82) is 0 Å². The summed E-state index contributed by atoms with van der Waals surface area (Å²) < 4.78 is 45.8. The van der Waals surface area contributed by atoms with E-state index >= 15 is 0 Å². The summed E-state index contributed by atoms with van der Waals surface area (Å²) in [5, 5.41) is 2.88. The molecule has 0 aliphatic carbocycles. The van der Waals surface area contributed by atoms with Crippen LogP contribution in [0.2, 0.25) is 0 Å². The Balaban J connectivity index is 2.31. The van der Waals surface area contributed by atoms with Gasteiger partial charge >= 0.3 is 0 Å². The van der Waals surface area contributed by atoms with Gasteiger partial charge in [0.15, 0.2) is 11.6 Å². The van der Waals surface area contributed by atoms with Crippen LogP contribution in [0.1, 0.15) is 11.6 Å². The third-order valence-electron chi connectivity index (χ3n) is 3.08. The molecule has 0 spiro atoms. The van der Waals surface area contributed by atoms with E-state index in [0.29, 0.717) is 5.69 Å². The maximum atomic E-state index is 13.8. The molecule has 1 atom stereocenters. The molecule has 0 aliphatic rings. The van der Waals surface area contributed by atoms with Crippen LogP contribution in [0.25, 0.3) is 0 Å².